The molecule has 2 aromatic carbocycles. The molecule has 1 heterocycles. The van der Waals surface area contributed by atoms with Gasteiger partial charge in [-0.3, -0.25) is 4.79 Å². The molecule has 3 rings (SSSR count). The Morgan fingerprint density at radius 2 is 1.76 bits per heavy atom. The Labute approximate surface area is 221 Å². The first kappa shape index (κ1) is 28.5. The number of nitrogens with one attached hydrogen (secondary N) is 1. The lowest BCUT2D eigenvalue weighted by molar-refractivity contribution is -0.0242. The molecule has 0 saturated heterocycles. The highest BCUT2D eigenvalue weighted by molar-refractivity contribution is 6.14. The lowest BCUT2D eigenvalue weighted by Gasteiger charge is -2.30. The number of anilines is 3. The van der Waals surface area contributed by atoms with E-state index in [1.54, 1.807) is 55.5 Å². The molecule has 37 heavy (non-hydrogen) atoms. The van der Waals surface area contributed by atoms with E-state index in [1.165, 1.54) is 5.57 Å². The highest BCUT2D eigenvalue weighted by Crippen LogP contribution is 2.41. The van der Waals surface area contributed by atoms with Gasteiger partial charge in [0.15, 0.2) is 0 Å². The molecule has 0 saturated carbocycles. The standard InChI is InChI=1S/C30H42N2O5/c1-21(10-8-17-30(4,37-6)18-9-16-29(2,3)36-5)15-19-32-25-20-22(33)13-14-24(25)31-27-23(28(32)35)11-7-12-26(27)34/h7,11-15,20,31,33-34H,8-10,16-19H2,1-6H3/b21-15+. The van der Waals surface area contributed by atoms with Crippen LogP contribution in [0.5, 0.6) is 11.5 Å². The van der Waals surface area contributed by atoms with Crippen LogP contribution in [0.1, 0.15) is 76.6 Å². The SMILES string of the molecule is COC(C)(C)CCCC(C)(CCC/C(C)=C/CN1C(=O)c2cccc(O)c2Nc2ccc(O)cc21)OC. The van der Waals surface area contributed by atoms with Crippen LogP contribution >= 0.6 is 0 Å². The van der Waals surface area contributed by atoms with Gasteiger partial charge in [-0.25, -0.2) is 0 Å². The van der Waals surface area contributed by atoms with Crippen LogP contribution in [0.3, 0.4) is 0 Å². The molecule has 0 bridgehead atoms. The van der Waals surface area contributed by atoms with Crippen molar-refractivity contribution >= 4 is 23.0 Å². The smallest absolute Gasteiger partial charge is 0.260 e. The quantitative estimate of drug-likeness (QED) is 0.163. The topological polar surface area (TPSA) is 91.3 Å². The number of fused-ring (bicyclic) bond motifs is 2. The summed E-state index contributed by atoms with van der Waals surface area (Å²) in [6, 6.07) is 9.74. The first-order chi connectivity index (χ1) is 17.5. The lowest BCUT2D eigenvalue weighted by atomic mass is 9.89. The summed E-state index contributed by atoms with van der Waals surface area (Å²) < 4.78 is 11.4. The van der Waals surface area contributed by atoms with E-state index < -0.39 is 0 Å². The molecule has 1 aliphatic heterocycles. The van der Waals surface area contributed by atoms with Gasteiger partial charge in [0, 0.05) is 26.8 Å². The molecular weight excluding hydrogens is 468 g/mol. The minimum atomic E-state index is -0.238. The van der Waals surface area contributed by atoms with Crippen molar-refractivity contribution in [3.8, 4) is 11.5 Å². The fourth-order valence-corrected chi connectivity index (χ4v) is 4.68. The van der Waals surface area contributed by atoms with Gasteiger partial charge in [-0.2, -0.15) is 0 Å². The summed E-state index contributed by atoms with van der Waals surface area (Å²) in [6.07, 6.45) is 7.87. The molecule has 1 atom stereocenters. The van der Waals surface area contributed by atoms with Crippen molar-refractivity contribution in [2.24, 2.45) is 0 Å². The zero-order chi connectivity index (χ0) is 27.2. The summed E-state index contributed by atoms with van der Waals surface area (Å²) in [5, 5.41) is 23.6. The highest BCUT2D eigenvalue weighted by atomic mass is 16.5. The number of hydrogen-bond acceptors (Lipinski definition) is 6. The number of carbonyl (C=O) groups excluding carboxylic acids is 1. The Bertz CT molecular complexity index is 1130. The second-order valence-electron chi connectivity index (χ2n) is 10.8. The van der Waals surface area contributed by atoms with Gasteiger partial charge < -0.3 is 29.9 Å². The second kappa shape index (κ2) is 12.0. The number of hydrogen-bond donors (Lipinski definition) is 3. The molecule has 2 aromatic rings. The number of nitrogens with zero attached hydrogens (tertiary/aromatic N) is 1. The molecule has 0 fully saturated rings. The first-order valence-electron chi connectivity index (χ1n) is 13.0. The molecular formula is C30H42N2O5. The molecule has 1 aliphatic rings. The van der Waals surface area contributed by atoms with Crippen molar-refractivity contribution in [1.29, 1.82) is 0 Å². The average Bonchev–Trinajstić information content (AvgIpc) is 2.97. The highest BCUT2D eigenvalue weighted by Gasteiger charge is 2.28. The van der Waals surface area contributed by atoms with Crippen LogP contribution in [0.15, 0.2) is 48.0 Å². The zero-order valence-electron chi connectivity index (χ0n) is 23.1. The van der Waals surface area contributed by atoms with Crippen LogP contribution in [0.25, 0.3) is 0 Å². The molecule has 7 nitrogen and oxygen atoms in total. The molecule has 3 N–H and O–H groups in total. The number of amides is 1. The number of carbonyl (C=O) groups is 1. The Balaban J connectivity index is 1.67. The van der Waals surface area contributed by atoms with Crippen LogP contribution in [0.4, 0.5) is 17.1 Å². The van der Waals surface area contributed by atoms with E-state index in [-0.39, 0.29) is 28.6 Å². The molecule has 0 spiro atoms. The Morgan fingerprint density at radius 1 is 1.03 bits per heavy atom. The summed E-state index contributed by atoms with van der Waals surface area (Å²) in [7, 11) is 3.54. The molecule has 1 amide bonds. The van der Waals surface area contributed by atoms with Crippen molar-refractivity contribution in [2.75, 3.05) is 31.0 Å². The van der Waals surface area contributed by atoms with Gasteiger partial charge in [-0.1, -0.05) is 17.7 Å². The molecule has 1 unspecified atom stereocenters. The largest absolute Gasteiger partial charge is 0.508 e. The summed E-state index contributed by atoms with van der Waals surface area (Å²) in [5.41, 5.74) is 2.84. The van der Waals surface area contributed by atoms with E-state index in [2.05, 4.69) is 39.1 Å². The van der Waals surface area contributed by atoms with E-state index in [4.69, 9.17) is 9.47 Å². The maximum Gasteiger partial charge on any atom is 0.260 e. The maximum atomic E-state index is 13.5. The predicted molar refractivity (Wildman–Crippen MR) is 149 cm³/mol. The monoisotopic (exact) mass is 510 g/mol. The third kappa shape index (κ3) is 7.27. The van der Waals surface area contributed by atoms with Gasteiger partial charge in [0.1, 0.15) is 11.5 Å². The molecule has 7 heteroatoms. The Hall–Kier alpha value is -3.03. The first-order valence-corrected chi connectivity index (χ1v) is 13.0. The van der Waals surface area contributed by atoms with Gasteiger partial charge in [0.25, 0.3) is 5.91 Å². The van der Waals surface area contributed by atoms with Crippen LogP contribution < -0.4 is 10.2 Å². The third-order valence-corrected chi connectivity index (χ3v) is 7.48. The Kier molecular flexibility index (Phi) is 9.26. The number of rotatable bonds is 12. The lowest BCUT2D eigenvalue weighted by Crippen LogP contribution is -2.30. The van der Waals surface area contributed by atoms with Crippen LogP contribution in [0, 0.1) is 0 Å². The maximum absolute atomic E-state index is 13.5. The van der Waals surface area contributed by atoms with Crippen molar-refractivity contribution in [3.63, 3.8) is 0 Å². The van der Waals surface area contributed by atoms with E-state index in [0.29, 0.717) is 29.2 Å². The number of para-hydroxylation sites is 1. The number of phenolic OH excluding ortho intramolecular Hbond substituents is 2. The van der Waals surface area contributed by atoms with E-state index in [0.717, 1.165) is 38.5 Å². The summed E-state index contributed by atoms with van der Waals surface area (Å²) >= 11 is 0. The number of aromatic hydroxyl groups is 2. The molecule has 0 aromatic heterocycles. The average molecular weight is 511 g/mol. The summed E-state index contributed by atoms with van der Waals surface area (Å²) in [5.74, 6) is -0.162. The predicted octanol–water partition coefficient (Wildman–Crippen LogP) is 6.92. The molecule has 0 aliphatic carbocycles. The molecule has 0 radical (unpaired) electrons. The number of benzene rings is 2. The van der Waals surface area contributed by atoms with Crippen molar-refractivity contribution in [1.82, 2.24) is 0 Å². The van der Waals surface area contributed by atoms with Crippen LogP contribution in [0.2, 0.25) is 0 Å². The van der Waals surface area contributed by atoms with Gasteiger partial charge >= 0.3 is 0 Å². The van der Waals surface area contributed by atoms with Gasteiger partial charge in [0.05, 0.1) is 33.8 Å². The Morgan fingerprint density at radius 3 is 2.46 bits per heavy atom. The van der Waals surface area contributed by atoms with Crippen molar-refractivity contribution in [3.05, 3.63) is 53.6 Å². The zero-order valence-corrected chi connectivity index (χ0v) is 23.1. The number of methoxy groups -OCH3 is 2. The van der Waals surface area contributed by atoms with Crippen LogP contribution in [-0.2, 0) is 9.47 Å². The van der Waals surface area contributed by atoms with Crippen molar-refractivity contribution in [2.45, 2.75) is 77.4 Å². The van der Waals surface area contributed by atoms with E-state index in [9.17, 15) is 15.0 Å². The normalized spacial score (nSPS) is 15.5. The van der Waals surface area contributed by atoms with Gasteiger partial charge in [-0.05, 0) is 90.5 Å². The third-order valence-electron chi connectivity index (χ3n) is 7.48. The number of ether oxygens (including phenoxy) is 2. The van der Waals surface area contributed by atoms with Gasteiger partial charge in [0.2, 0.25) is 0 Å². The van der Waals surface area contributed by atoms with Crippen molar-refractivity contribution < 1.29 is 24.5 Å². The summed E-state index contributed by atoms with van der Waals surface area (Å²) in [4.78, 5) is 15.1. The number of allylic oxidation sites excluding steroid dienone is 1. The van der Waals surface area contributed by atoms with E-state index in [1.807, 2.05) is 0 Å². The summed E-state index contributed by atoms with van der Waals surface area (Å²) in [6.45, 7) is 8.82. The van der Waals surface area contributed by atoms with Crippen LogP contribution in [-0.4, -0.2) is 48.1 Å². The minimum absolute atomic E-state index is 0.00502. The number of phenols is 2. The second-order valence-corrected chi connectivity index (χ2v) is 10.8. The molecule has 202 valence electrons. The van der Waals surface area contributed by atoms with Gasteiger partial charge in [-0.15, -0.1) is 0 Å². The fraction of sp³-hybridized carbons (Fsp3) is 0.500. The minimum Gasteiger partial charge on any atom is -0.508 e. The van der Waals surface area contributed by atoms with E-state index >= 15 is 0 Å². The fourth-order valence-electron chi connectivity index (χ4n) is 4.68.